The van der Waals surface area contributed by atoms with E-state index in [0.717, 1.165) is 0 Å². The molecule has 0 amide bonds. The van der Waals surface area contributed by atoms with Gasteiger partial charge in [0, 0.05) is 18.3 Å². The largest absolute Gasteiger partial charge is 0.384 e. The van der Waals surface area contributed by atoms with Crippen LogP contribution in [0.4, 0.5) is 10.2 Å². The third-order valence-corrected chi connectivity index (χ3v) is 4.63. The normalized spacial score (nSPS) is 13.1. The molecule has 0 saturated carbocycles. The lowest BCUT2D eigenvalue weighted by Gasteiger charge is -2.15. The van der Waals surface area contributed by atoms with Gasteiger partial charge in [-0.05, 0) is 37.1 Å². The maximum Gasteiger partial charge on any atom is 0.241 e. The number of halogens is 1. The highest BCUT2D eigenvalue weighted by atomic mass is 32.2. The second kappa shape index (κ2) is 5.79. The molecule has 1 unspecified atom stereocenters. The summed E-state index contributed by atoms with van der Waals surface area (Å²) in [6.07, 6.45) is 1.32. The Morgan fingerprint density at radius 3 is 2.62 bits per heavy atom. The predicted molar refractivity (Wildman–Crippen MR) is 78.5 cm³/mol. The van der Waals surface area contributed by atoms with Gasteiger partial charge in [-0.15, -0.1) is 0 Å². The van der Waals surface area contributed by atoms with Gasteiger partial charge in [0.25, 0.3) is 0 Å². The molecule has 1 aromatic heterocycles. The fraction of sp³-hybridized carbons (Fsp3) is 0.214. The second-order valence-corrected chi connectivity index (χ2v) is 6.48. The van der Waals surface area contributed by atoms with Crippen LogP contribution in [0.25, 0.3) is 0 Å². The van der Waals surface area contributed by atoms with Gasteiger partial charge in [0.2, 0.25) is 10.0 Å². The molecule has 0 fully saturated rings. The lowest BCUT2D eigenvalue weighted by molar-refractivity contribution is 0.564. The van der Waals surface area contributed by atoms with Gasteiger partial charge >= 0.3 is 0 Å². The summed E-state index contributed by atoms with van der Waals surface area (Å²) >= 11 is 0. The number of pyridine rings is 1. The van der Waals surface area contributed by atoms with E-state index in [1.165, 1.54) is 24.4 Å². The van der Waals surface area contributed by atoms with Gasteiger partial charge < -0.3 is 5.73 Å². The lowest BCUT2D eigenvalue weighted by Crippen LogP contribution is -2.27. The van der Waals surface area contributed by atoms with E-state index >= 15 is 0 Å². The van der Waals surface area contributed by atoms with E-state index in [2.05, 4.69) is 9.71 Å². The molecule has 0 radical (unpaired) electrons. The molecule has 0 spiro atoms. The van der Waals surface area contributed by atoms with Crippen molar-refractivity contribution in [1.82, 2.24) is 9.71 Å². The summed E-state index contributed by atoms with van der Waals surface area (Å²) in [6, 6.07) is 6.67. The minimum Gasteiger partial charge on any atom is -0.384 e. The van der Waals surface area contributed by atoms with Crippen molar-refractivity contribution in [2.75, 3.05) is 5.73 Å². The molecule has 1 heterocycles. The molecule has 5 nitrogen and oxygen atoms in total. The van der Waals surface area contributed by atoms with Gasteiger partial charge in [0.1, 0.15) is 11.6 Å². The van der Waals surface area contributed by atoms with Gasteiger partial charge in [-0.1, -0.05) is 12.1 Å². The van der Waals surface area contributed by atoms with Crippen LogP contribution in [0, 0.1) is 12.7 Å². The van der Waals surface area contributed by atoms with Crippen molar-refractivity contribution in [2.45, 2.75) is 24.8 Å². The van der Waals surface area contributed by atoms with Gasteiger partial charge in [0.05, 0.1) is 4.90 Å². The summed E-state index contributed by atoms with van der Waals surface area (Å²) in [5.74, 6) is -0.251. The van der Waals surface area contributed by atoms with Crippen LogP contribution in [0.3, 0.4) is 0 Å². The average Bonchev–Trinajstić information content (AvgIpc) is 2.41. The molecule has 2 aromatic rings. The maximum absolute atomic E-state index is 13.5. The molecule has 0 bridgehead atoms. The zero-order chi connectivity index (χ0) is 15.6. The second-order valence-electron chi connectivity index (χ2n) is 4.77. The zero-order valence-electron chi connectivity index (χ0n) is 11.7. The fourth-order valence-corrected chi connectivity index (χ4v) is 3.10. The van der Waals surface area contributed by atoms with E-state index in [1.807, 2.05) is 0 Å². The number of aryl methyl sites for hydroxylation is 1. The molecule has 0 aliphatic rings. The van der Waals surface area contributed by atoms with Gasteiger partial charge in [-0.2, -0.15) is 0 Å². The number of anilines is 1. The number of aromatic nitrogens is 1. The smallest absolute Gasteiger partial charge is 0.241 e. The summed E-state index contributed by atoms with van der Waals surface area (Å²) < 4.78 is 40.5. The Morgan fingerprint density at radius 1 is 1.29 bits per heavy atom. The number of nitrogens with two attached hydrogens (primary N) is 1. The van der Waals surface area contributed by atoms with Crippen LogP contribution in [0.5, 0.6) is 0 Å². The standard InChI is InChI=1S/C14H16FN3O2S/c1-9-3-4-11(7-13(9)15)10(2)18-21(19,20)12-5-6-17-14(16)8-12/h3-8,10,18H,1-2H3,(H2,16,17). The molecule has 2 rings (SSSR count). The Morgan fingerprint density at radius 2 is 2.00 bits per heavy atom. The maximum atomic E-state index is 13.5. The molecule has 112 valence electrons. The quantitative estimate of drug-likeness (QED) is 0.906. The highest BCUT2D eigenvalue weighted by molar-refractivity contribution is 7.89. The monoisotopic (exact) mass is 309 g/mol. The molecule has 1 aromatic carbocycles. The first kappa shape index (κ1) is 15.4. The first-order valence-corrected chi connectivity index (χ1v) is 7.78. The Kier molecular flexibility index (Phi) is 4.24. The van der Waals surface area contributed by atoms with Crippen molar-refractivity contribution in [3.8, 4) is 0 Å². The highest BCUT2D eigenvalue weighted by Gasteiger charge is 2.19. The number of nitrogens with one attached hydrogen (secondary N) is 1. The van der Waals surface area contributed by atoms with Crippen LogP contribution in [-0.2, 0) is 10.0 Å². The van der Waals surface area contributed by atoms with Crippen LogP contribution in [0.15, 0.2) is 41.4 Å². The van der Waals surface area contributed by atoms with E-state index in [0.29, 0.717) is 11.1 Å². The Bertz CT molecular complexity index is 763. The van der Waals surface area contributed by atoms with E-state index < -0.39 is 16.1 Å². The van der Waals surface area contributed by atoms with Crippen molar-refractivity contribution in [2.24, 2.45) is 0 Å². The number of hydrogen-bond acceptors (Lipinski definition) is 4. The Labute approximate surface area is 123 Å². The molecular formula is C14H16FN3O2S. The van der Waals surface area contributed by atoms with Crippen LogP contribution in [0.2, 0.25) is 0 Å². The number of rotatable bonds is 4. The molecule has 0 aliphatic heterocycles. The highest BCUT2D eigenvalue weighted by Crippen LogP contribution is 2.19. The topological polar surface area (TPSA) is 85.1 Å². The van der Waals surface area contributed by atoms with E-state index in [9.17, 15) is 12.8 Å². The van der Waals surface area contributed by atoms with Crippen LogP contribution in [0.1, 0.15) is 24.1 Å². The van der Waals surface area contributed by atoms with Crippen molar-refractivity contribution >= 4 is 15.8 Å². The van der Waals surface area contributed by atoms with Crippen LogP contribution in [-0.4, -0.2) is 13.4 Å². The molecule has 7 heteroatoms. The van der Waals surface area contributed by atoms with E-state index in [-0.39, 0.29) is 16.5 Å². The third kappa shape index (κ3) is 3.56. The predicted octanol–water partition coefficient (Wildman–Crippen LogP) is 2.15. The van der Waals surface area contributed by atoms with Crippen molar-refractivity contribution in [1.29, 1.82) is 0 Å². The lowest BCUT2D eigenvalue weighted by atomic mass is 10.1. The molecule has 0 aliphatic carbocycles. The molecule has 3 N–H and O–H groups in total. The first-order chi connectivity index (χ1) is 9.79. The summed E-state index contributed by atoms with van der Waals surface area (Å²) in [4.78, 5) is 3.77. The van der Waals surface area contributed by atoms with E-state index in [4.69, 9.17) is 5.73 Å². The molecule has 1 atom stereocenters. The minimum atomic E-state index is -3.75. The van der Waals surface area contributed by atoms with Gasteiger partial charge in [-0.3, -0.25) is 0 Å². The van der Waals surface area contributed by atoms with Gasteiger partial charge in [-0.25, -0.2) is 22.5 Å². The first-order valence-electron chi connectivity index (χ1n) is 6.29. The molecule has 21 heavy (non-hydrogen) atoms. The number of nitrogens with zero attached hydrogens (tertiary/aromatic N) is 1. The third-order valence-electron chi connectivity index (χ3n) is 3.09. The van der Waals surface area contributed by atoms with Gasteiger partial charge in [0.15, 0.2) is 0 Å². The number of hydrogen-bond donors (Lipinski definition) is 2. The van der Waals surface area contributed by atoms with Crippen molar-refractivity contribution in [3.63, 3.8) is 0 Å². The Hall–Kier alpha value is -1.99. The Balaban J connectivity index is 2.25. The SMILES string of the molecule is Cc1ccc(C(C)NS(=O)(=O)c2ccnc(N)c2)cc1F. The average molecular weight is 309 g/mol. The van der Waals surface area contributed by atoms with Crippen molar-refractivity contribution < 1.29 is 12.8 Å². The summed E-state index contributed by atoms with van der Waals surface area (Å²) in [7, 11) is -3.75. The minimum absolute atomic E-state index is 0.0226. The molecule has 0 saturated heterocycles. The van der Waals surface area contributed by atoms with Crippen molar-refractivity contribution in [3.05, 3.63) is 53.5 Å². The van der Waals surface area contributed by atoms with Crippen LogP contribution >= 0.6 is 0 Å². The fourth-order valence-electron chi connectivity index (χ4n) is 1.84. The zero-order valence-corrected chi connectivity index (χ0v) is 12.5. The number of nitrogen functional groups attached to an aromatic ring is 1. The number of benzene rings is 1. The summed E-state index contributed by atoms with van der Waals surface area (Å²) in [5.41, 5.74) is 6.54. The van der Waals surface area contributed by atoms with E-state index in [1.54, 1.807) is 26.0 Å². The summed E-state index contributed by atoms with van der Waals surface area (Å²) in [6.45, 7) is 3.29. The molecular weight excluding hydrogens is 293 g/mol. The summed E-state index contributed by atoms with van der Waals surface area (Å²) in [5, 5.41) is 0. The number of sulfonamides is 1. The van der Waals surface area contributed by atoms with Crippen LogP contribution < -0.4 is 10.5 Å².